The van der Waals surface area contributed by atoms with Gasteiger partial charge in [-0.25, -0.2) is 22.8 Å². The van der Waals surface area contributed by atoms with E-state index >= 15 is 0 Å². The van der Waals surface area contributed by atoms with Gasteiger partial charge in [-0.3, -0.25) is 9.52 Å². The van der Waals surface area contributed by atoms with Crippen LogP contribution in [0.2, 0.25) is 0 Å². The van der Waals surface area contributed by atoms with E-state index in [1.54, 1.807) is 67.7 Å². The second-order valence-corrected chi connectivity index (χ2v) is 10.8. The molecule has 0 aliphatic carbocycles. The lowest BCUT2D eigenvalue weighted by Gasteiger charge is -2.15. The fourth-order valence-electron chi connectivity index (χ4n) is 3.88. The molecule has 11 nitrogen and oxygen atoms in total. The number of carbonyl (C=O) groups excluding carboxylic acids is 1. The monoisotopic (exact) mass is 618 g/mol. The summed E-state index contributed by atoms with van der Waals surface area (Å²) in [4.78, 5) is 21.0. The van der Waals surface area contributed by atoms with Crippen molar-refractivity contribution in [3.05, 3.63) is 103 Å². The molecular weight excluding hydrogens is 587 g/mol. The first-order valence-corrected chi connectivity index (χ1v) is 14.7. The van der Waals surface area contributed by atoms with Gasteiger partial charge in [0.1, 0.15) is 17.3 Å². The topological polar surface area (TPSA) is 144 Å². The lowest BCUT2D eigenvalue weighted by atomic mass is 10.2. The Labute approximate surface area is 254 Å². The van der Waals surface area contributed by atoms with Crippen LogP contribution in [-0.4, -0.2) is 52.1 Å². The van der Waals surface area contributed by atoms with Gasteiger partial charge in [0.2, 0.25) is 5.91 Å². The average molecular weight is 619 g/mol. The highest BCUT2D eigenvalue weighted by molar-refractivity contribution is 7.92. The fourth-order valence-corrected chi connectivity index (χ4v) is 4.94. The molecule has 0 spiro atoms. The van der Waals surface area contributed by atoms with E-state index in [2.05, 4.69) is 30.6 Å². The number of fused-ring (bicyclic) bond motifs is 1. The summed E-state index contributed by atoms with van der Waals surface area (Å²) >= 11 is 0. The summed E-state index contributed by atoms with van der Waals surface area (Å²) in [5.41, 5.74) is 1.96. The first-order valence-electron chi connectivity index (χ1n) is 13.3. The van der Waals surface area contributed by atoms with Gasteiger partial charge in [-0.2, -0.15) is 0 Å². The van der Waals surface area contributed by atoms with Crippen molar-refractivity contribution >= 4 is 50.0 Å². The zero-order valence-electron chi connectivity index (χ0n) is 24.2. The third-order valence-electron chi connectivity index (χ3n) is 5.91. The largest absolute Gasteiger partial charge is 0.497 e. The summed E-state index contributed by atoms with van der Waals surface area (Å²) in [6.07, 6.45) is 0. The predicted molar refractivity (Wildman–Crippen MR) is 169 cm³/mol. The van der Waals surface area contributed by atoms with Gasteiger partial charge >= 0.3 is 0 Å². The van der Waals surface area contributed by atoms with Gasteiger partial charge in [-0.15, -0.1) is 0 Å². The van der Waals surface area contributed by atoms with Gasteiger partial charge < -0.3 is 25.4 Å². The molecule has 4 aromatic carbocycles. The molecule has 0 unspecified atom stereocenters. The molecule has 5 rings (SSSR count). The SMILES string of the molecule is CNCC(=O)Nc1cccc(S(=O)(=O)Nc2nc3ccccc3nc2Nc2cc(OC)cc(OC)c2)c1.Fc1ccccc1. The molecule has 5 aromatic rings. The van der Waals surface area contributed by atoms with Crippen molar-refractivity contribution in [3.8, 4) is 11.5 Å². The van der Waals surface area contributed by atoms with Crippen LogP contribution in [0.4, 0.5) is 27.4 Å². The zero-order chi connectivity index (χ0) is 31.5. The van der Waals surface area contributed by atoms with Crippen LogP contribution in [0.5, 0.6) is 11.5 Å². The summed E-state index contributed by atoms with van der Waals surface area (Å²) in [5.74, 6) is 0.763. The van der Waals surface area contributed by atoms with Crippen LogP contribution >= 0.6 is 0 Å². The molecule has 1 aromatic heterocycles. The average Bonchev–Trinajstić information content (AvgIpc) is 3.02. The van der Waals surface area contributed by atoms with E-state index in [-0.39, 0.29) is 34.8 Å². The highest BCUT2D eigenvalue weighted by Crippen LogP contribution is 2.31. The molecule has 0 aliphatic rings. The van der Waals surface area contributed by atoms with Crippen LogP contribution in [0.3, 0.4) is 0 Å². The van der Waals surface area contributed by atoms with Crippen molar-refractivity contribution < 1.29 is 27.1 Å². The van der Waals surface area contributed by atoms with E-state index in [4.69, 9.17) is 9.47 Å². The Morgan fingerprint density at radius 1 is 0.773 bits per heavy atom. The van der Waals surface area contributed by atoms with Gasteiger partial charge in [0.25, 0.3) is 10.0 Å². The number of rotatable bonds is 10. The fraction of sp³-hybridized carbons (Fsp3) is 0.129. The van der Waals surface area contributed by atoms with E-state index < -0.39 is 10.0 Å². The summed E-state index contributed by atoms with van der Waals surface area (Å²) < 4.78 is 51.8. The number of aromatic nitrogens is 2. The number of sulfonamides is 1. The Morgan fingerprint density at radius 3 is 1.95 bits per heavy atom. The molecule has 44 heavy (non-hydrogen) atoms. The number of hydrogen-bond acceptors (Lipinski definition) is 9. The molecule has 1 amide bonds. The van der Waals surface area contributed by atoms with Crippen molar-refractivity contribution in [3.63, 3.8) is 0 Å². The molecule has 0 saturated carbocycles. The Hall–Kier alpha value is -5.27. The highest BCUT2D eigenvalue weighted by Gasteiger charge is 2.20. The molecule has 0 saturated heterocycles. The van der Waals surface area contributed by atoms with E-state index in [1.165, 1.54) is 44.6 Å². The number of amides is 1. The number of para-hydroxylation sites is 2. The van der Waals surface area contributed by atoms with Crippen molar-refractivity contribution in [1.29, 1.82) is 0 Å². The first-order chi connectivity index (χ1) is 21.2. The summed E-state index contributed by atoms with van der Waals surface area (Å²) in [6.45, 7) is 0.0893. The van der Waals surface area contributed by atoms with Crippen molar-refractivity contribution in [2.75, 3.05) is 43.2 Å². The first kappa shape index (κ1) is 31.7. The summed E-state index contributed by atoms with van der Waals surface area (Å²) in [6, 6.07) is 26.1. The normalized spacial score (nSPS) is 10.7. The van der Waals surface area contributed by atoms with Crippen LogP contribution < -0.4 is 30.1 Å². The second kappa shape index (κ2) is 14.8. The second-order valence-electron chi connectivity index (χ2n) is 9.14. The van der Waals surface area contributed by atoms with E-state index in [1.807, 2.05) is 6.07 Å². The number of carbonyl (C=O) groups is 1. The molecule has 228 valence electrons. The van der Waals surface area contributed by atoms with Crippen LogP contribution in [0.15, 0.2) is 102 Å². The lowest BCUT2D eigenvalue weighted by Crippen LogP contribution is -2.25. The molecular formula is C31H31FN6O5S. The molecule has 1 heterocycles. The maximum absolute atomic E-state index is 13.3. The smallest absolute Gasteiger partial charge is 0.263 e. The zero-order valence-corrected chi connectivity index (χ0v) is 25.0. The van der Waals surface area contributed by atoms with Crippen LogP contribution in [-0.2, 0) is 14.8 Å². The minimum absolute atomic E-state index is 0.00916. The van der Waals surface area contributed by atoms with E-state index in [0.717, 1.165) is 0 Å². The number of benzene rings is 4. The third kappa shape index (κ3) is 8.63. The Kier molecular flexibility index (Phi) is 10.6. The molecule has 13 heteroatoms. The molecule has 0 fully saturated rings. The number of likely N-dealkylation sites (N-methyl/N-ethyl adjacent to an activating group) is 1. The minimum Gasteiger partial charge on any atom is -0.497 e. The third-order valence-corrected chi connectivity index (χ3v) is 7.25. The summed E-state index contributed by atoms with van der Waals surface area (Å²) in [7, 11) is 0.601. The summed E-state index contributed by atoms with van der Waals surface area (Å²) in [5, 5.41) is 8.51. The number of nitrogens with zero attached hydrogens (tertiary/aromatic N) is 2. The van der Waals surface area contributed by atoms with Crippen molar-refractivity contribution in [2.24, 2.45) is 0 Å². The number of ether oxygens (including phenoxy) is 2. The lowest BCUT2D eigenvalue weighted by molar-refractivity contribution is -0.115. The van der Waals surface area contributed by atoms with Gasteiger partial charge in [-0.05, 0) is 49.5 Å². The van der Waals surface area contributed by atoms with Crippen molar-refractivity contribution in [2.45, 2.75) is 4.90 Å². The maximum Gasteiger partial charge on any atom is 0.263 e. The number of anilines is 4. The van der Waals surface area contributed by atoms with Gasteiger partial charge in [-0.1, -0.05) is 36.4 Å². The Bertz CT molecular complexity index is 1820. The molecule has 0 atom stereocenters. The Morgan fingerprint density at radius 2 is 1.39 bits per heavy atom. The highest BCUT2D eigenvalue weighted by atomic mass is 32.2. The number of nitrogens with one attached hydrogen (secondary N) is 4. The molecule has 0 radical (unpaired) electrons. The van der Waals surface area contributed by atoms with E-state index in [9.17, 15) is 17.6 Å². The van der Waals surface area contributed by atoms with Crippen LogP contribution in [0.25, 0.3) is 11.0 Å². The van der Waals surface area contributed by atoms with Gasteiger partial charge in [0.15, 0.2) is 11.6 Å². The maximum atomic E-state index is 13.3. The molecule has 4 N–H and O–H groups in total. The van der Waals surface area contributed by atoms with Gasteiger partial charge in [0, 0.05) is 29.6 Å². The van der Waals surface area contributed by atoms with E-state index in [0.29, 0.717) is 33.9 Å². The minimum atomic E-state index is -4.10. The van der Waals surface area contributed by atoms with Crippen molar-refractivity contribution in [1.82, 2.24) is 15.3 Å². The molecule has 0 aliphatic heterocycles. The quantitative estimate of drug-likeness (QED) is 0.167. The van der Waals surface area contributed by atoms with Crippen LogP contribution in [0.1, 0.15) is 0 Å². The standard InChI is InChI=1S/C25H26N6O5S.C6H5F/c1-26-15-23(32)27-16-7-6-8-20(13-16)37(33,34)31-25-24(29-21-9-4-5-10-22(21)30-25)28-17-11-18(35-2)14-19(12-17)36-3;7-6-4-2-1-3-5-6/h4-14,26H,15H2,1-3H3,(H,27,32)(H,28,29)(H,30,31);1-5H. The predicted octanol–water partition coefficient (Wildman–Crippen LogP) is 5.18. The van der Waals surface area contributed by atoms with Crippen LogP contribution in [0, 0.1) is 5.82 Å². The molecule has 0 bridgehead atoms. The van der Waals surface area contributed by atoms with Gasteiger partial charge in [0.05, 0.1) is 36.7 Å². The number of hydrogen-bond donors (Lipinski definition) is 4. The number of halogens is 1. The Balaban J connectivity index is 0.000000555. The number of methoxy groups -OCH3 is 2.